The highest BCUT2D eigenvalue weighted by atomic mass is 127. The highest BCUT2D eigenvalue weighted by Gasteiger charge is 2.64. The first-order valence-corrected chi connectivity index (χ1v) is 13.5. The van der Waals surface area contributed by atoms with Crippen molar-refractivity contribution in [2.45, 2.75) is 44.5 Å². The van der Waals surface area contributed by atoms with E-state index in [9.17, 15) is 9.59 Å². The van der Waals surface area contributed by atoms with Crippen LogP contribution in [0, 0.1) is 27.2 Å². The van der Waals surface area contributed by atoms with Crippen LogP contribution in [0.4, 0.5) is 0 Å². The number of ether oxygens (including phenoxy) is 3. The van der Waals surface area contributed by atoms with E-state index < -0.39 is 38.5 Å². The molecule has 2 aromatic rings. The topological polar surface area (TPSA) is 61.8 Å². The number of rotatable bonds is 4. The average Bonchev–Trinajstić information content (AvgIpc) is 2.80. The monoisotopic (exact) mass is 544 g/mol. The number of hydrogen-bond acceptors (Lipinski definition) is 5. The molecule has 4 saturated carbocycles. The third-order valence-electron chi connectivity index (χ3n) is 7.40. The van der Waals surface area contributed by atoms with E-state index in [0.29, 0.717) is 18.4 Å². The zero-order valence-corrected chi connectivity index (χ0v) is 19.8. The fourth-order valence-electron chi connectivity index (χ4n) is 6.18. The molecule has 2 aromatic carbocycles. The van der Waals surface area contributed by atoms with Gasteiger partial charge >= 0.3 is 11.9 Å². The van der Waals surface area contributed by atoms with E-state index in [1.165, 1.54) is 6.42 Å². The Morgan fingerprint density at radius 2 is 1.41 bits per heavy atom. The number of halogens is 1. The summed E-state index contributed by atoms with van der Waals surface area (Å²) in [6, 6.07) is 17.6. The van der Waals surface area contributed by atoms with E-state index in [2.05, 4.69) is 0 Å². The lowest BCUT2D eigenvalue weighted by molar-refractivity contribution is -0.308. The molecule has 1 saturated heterocycles. The molecule has 0 N–H and O–H groups in total. The second-order valence-electron chi connectivity index (χ2n) is 9.44. The summed E-state index contributed by atoms with van der Waals surface area (Å²) in [7, 11) is 0. The third kappa shape index (κ3) is 3.56. The maximum atomic E-state index is 13.0. The molecule has 6 heteroatoms. The Labute approximate surface area is 197 Å². The third-order valence-corrected chi connectivity index (χ3v) is 10.2. The largest absolute Gasteiger partial charge is 0.489 e. The van der Waals surface area contributed by atoms with E-state index in [1.54, 1.807) is 0 Å². The van der Waals surface area contributed by atoms with Crippen LogP contribution in [0.15, 0.2) is 54.6 Å². The normalized spacial score (nSPS) is 32.7. The molecule has 1 spiro atoms. The summed E-state index contributed by atoms with van der Waals surface area (Å²) in [5.41, 5.74) is 1.10. The predicted octanol–water partition coefficient (Wildman–Crippen LogP) is 4.83. The van der Waals surface area contributed by atoms with E-state index >= 15 is 0 Å². The number of carbonyl (C=O) groups excluding carboxylic acids is 2. The summed E-state index contributed by atoms with van der Waals surface area (Å²) in [4.78, 5) is 26.0. The zero-order valence-electron chi connectivity index (χ0n) is 17.7. The zero-order chi connectivity index (χ0) is 21.7. The molecule has 4 aliphatic carbocycles. The summed E-state index contributed by atoms with van der Waals surface area (Å²) in [6.07, 6.45) is 5.36. The molecule has 0 aromatic heterocycles. The van der Waals surface area contributed by atoms with Gasteiger partial charge in [0.05, 0.1) is 0 Å². The Hall–Kier alpha value is -2.22. The van der Waals surface area contributed by atoms with Crippen LogP contribution >= 0.6 is 20.7 Å². The highest BCUT2D eigenvalue weighted by Crippen LogP contribution is 2.60. The van der Waals surface area contributed by atoms with Crippen molar-refractivity contribution >= 4 is 36.2 Å². The van der Waals surface area contributed by atoms with Crippen LogP contribution in [-0.2, 0) is 25.7 Å². The molecular formula is C26H25IO5. The molecule has 1 aliphatic heterocycles. The number of carbonyl (C=O) groups is 2. The molecule has 166 valence electrons. The van der Waals surface area contributed by atoms with Crippen LogP contribution in [-0.4, -0.2) is 21.2 Å². The van der Waals surface area contributed by atoms with Crippen molar-refractivity contribution in [1.29, 1.82) is 0 Å². The van der Waals surface area contributed by atoms with Crippen LogP contribution < -0.4 is 4.74 Å². The van der Waals surface area contributed by atoms with E-state index in [0.717, 1.165) is 40.6 Å². The molecule has 0 atom stereocenters. The van der Waals surface area contributed by atoms with Gasteiger partial charge in [-0.2, -0.15) is 0 Å². The second-order valence-corrected chi connectivity index (χ2v) is 12.3. The SMILES string of the molecule is O=C1OC2(OC(=O)C1=Ic1ccc(OCc3ccccc3)cc1)C1CC3CC(C1)CC2C3. The van der Waals surface area contributed by atoms with Gasteiger partial charge in [0.15, 0.2) is 3.51 Å². The Morgan fingerprint density at radius 1 is 0.812 bits per heavy atom. The average molecular weight is 544 g/mol. The van der Waals surface area contributed by atoms with Crippen molar-refractivity contribution in [3.63, 3.8) is 0 Å². The van der Waals surface area contributed by atoms with E-state index in [-0.39, 0.29) is 15.3 Å². The lowest BCUT2D eigenvalue weighted by Crippen LogP contribution is -2.65. The smallest absolute Gasteiger partial charge is 0.354 e. The first-order chi connectivity index (χ1) is 15.6. The number of hydrogen-bond donors (Lipinski definition) is 0. The minimum absolute atomic E-state index is 0.174. The molecule has 32 heavy (non-hydrogen) atoms. The predicted molar refractivity (Wildman–Crippen MR) is 127 cm³/mol. The van der Waals surface area contributed by atoms with E-state index in [1.807, 2.05) is 54.6 Å². The Bertz CT molecular complexity index is 1030. The fraction of sp³-hybridized carbons (Fsp3) is 0.423. The highest BCUT2D eigenvalue weighted by molar-refractivity contribution is 14.2. The standard InChI is InChI=1S/C26H25IO5/c28-24-23(27-21-6-8-22(9-7-21)30-15-16-4-2-1-3-5-16)25(29)32-26(31-24)19-11-17-10-18(13-19)14-20(26)12-17/h1-9,17-20H,10-15H2. The van der Waals surface area contributed by atoms with Gasteiger partial charge in [0.2, 0.25) is 0 Å². The Balaban J connectivity index is 1.16. The number of esters is 2. The van der Waals surface area contributed by atoms with Gasteiger partial charge in [-0.1, -0.05) is 51.1 Å². The molecule has 5 fully saturated rings. The van der Waals surface area contributed by atoms with Gasteiger partial charge in [0.1, 0.15) is 12.4 Å². The van der Waals surface area contributed by atoms with E-state index in [4.69, 9.17) is 14.2 Å². The van der Waals surface area contributed by atoms with Gasteiger partial charge in [0, 0.05) is 15.4 Å². The summed E-state index contributed by atoms with van der Waals surface area (Å²) >= 11 is -0.985. The van der Waals surface area contributed by atoms with Crippen molar-refractivity contribution in [2.24, 2.45) is 23.7 Å². The molecule has 4 bridgehead atoms. The summed E-state index contributed by atoms with van der Waals surface area (Å²) in [5.74, 6) is 0.621. The summed E-state index contributed by atoms with van der Waals surface area (Å²) < 4.78 is 19.0. The van der Waals surface area contributed by atoms with Crippen LogP contribution in [0.3, 0.4) is 0 Å². The lowest BCUT2D eigenvalue weighted by Gasteiger charge is -2.59. The molecule has 0 amide bonds. The fourth-order valence-corrected chi connectivity index (χ4v) is 8.18. The van der Waals surface area contributed by atoms with Gasteiger partial charge in [-0.05, 0) is 73.8 Å². The molecular weight excluding hydrogens is 519 g/mol. The van der Waals surface area contributed by atoms with Crippen LogP contribution in [0.1, 0.15) is 37.7 Å². The van der Waals surface area contributed by atoms with Crippen molar-refractivity contribution in [2.75, 3.05) is 0 Å². The maximum Gasteiger partial charge on any atom is 0.354 e. The van der Waals surface area contributed by atoms with Gasteiger partial charge in [-0.15, -0.1) is 0 Å². The van der Waals surface area contributed by atoms with Crippen LogP contribution in [0.5, 0.6) is 5.75 Å². The molecule has 1 heterocycles. The first-order valence-electron chi connectivity index (χ1n) is 11.3. The van der Waals surface area contributed by atoms with Crippen molar-refractivity contribution in [3.05, 3.63) is 63.7 Å². The quantitative estimate of drug-likeness (QED) is 0.408. The Kier molecular flexibility index (Phi) is 5.08. The lowest BCUT2D eigenvalue weighted by atomic mass is 9.53. The van der Waals surface area contributed by atoms with Crippen LogP contribution in [0.25, 0.3) is 0 Å². The van der Waals surface area contributed by atoms with Gasteiger partial charge in [-0.3, -0.25) is 0 Å². The molecule has 0 unspecified atom stereocenters. The molecule has 0 radical (unpaired) electrons. The molecule has 5 nitrogen and oxygen atoms in total. The molecule has 7 rings (SSSR count). The minimum Gasteiger partial charge on any atom is -0.489 e. The van der Waals surface area contributed by atoms with Gasteiger partial charge in [-0.25, -0.2) is 9.59 Å². The van der Waals surface area contributed by atoms with Gasteiger partial charge < -0.3 is 14.2 Å². The first kappa shape index (κ1) is 20.4. The maximum absolute atomic E-state index is 13.0. The number of benzene rings is 2. The van der Waals surface area contributed by atoms with Crippen molar-refractivity contribution in [3.8, 4) is 5.75 Å². The van der Waals surface area contributed by atoms with Crippen molar-refractivity contribution in [1.82, 2.24) is 0 Å². The van der Waals surface area contributed by atoms with Gasteiger partial charge in [0.25, 0.3) is 5.79 Å². The summed E-state index contributed by atoms with van der Waals surface area (Å²) in [6.45, 7) is 0.497. The van der Waals surface area contributed by atoms with Crippen LogP contribution in [0.2, 0.25) is 0 Å². The summed E-state index contributed by atoms with van der Waals surface area (Å²) in [5, 5.41) is 0. The van der Waals surface area contributed by atoms with Crippen molar-refractivity contribution < 1.29 is 23.8 Å². The Morgan fingerprint density at radius 3 is 2.00 bits per heavy atom. The molecule has 5 aliphatic rings. The minimum atomic E-state index is -0.996. The second kappa shape index (κ2) is 7.97.